The third-order valence-corrected chi connectivity index (χ3v) is 7.69. The summed E-state index contributed by atoms with van der Waals surface area (Å²) in [5.74, 6) is -0.982. The average molecular weight is 475 g/mol. The van der Waals surface area contributed by atoms with Crippen molar-refractivity contribution in [1.29, 1.82) is 0 Å². The van der Waals surface area contributed by atoms with Crippen molar-refractivity contribution >= 4 is 33.1 Å². The van der Waals surface area contributed by atoms with Gasteiger partial charge in [0, 0.05) is 0 Å². The molecule has 4 rings (SSSR count). The first kappa shape index (κ1) is 25.7. The fraction of sp³-hybridized carbons (Fsp3) is 0.360. The molecule has 1 aliphatic heterocycles. The second-order valence-corrected chi connectivity index (χ2v) is 9.98. The van der Waals surface area contributed by atoms with Crippen molar-refractivity contribution in [3.63, 3.8) is 0 Å². The van der Waals surface area contributed by atoms with Gasteiger partial charge < -0.3 is 10.4 Å². The van der Waals surface area contributed by atoms with E-state index in [1.165, 1.54) is 6.07 Å². The standard InChI is InChI=1S/C25H28N2O4S.Na/c1-3-5-15-25(16-6-4-2)18-12-8-7-11-17(18)22(28)21(23(25)29)24-26-19-13-9-10-14-20(19)32(30,31)27-24;/h7-14,28H,3-6,15-16H2,1-2H3,(H,26,27);/q;+1/p-1. The summed E-state index contributed by atoms with van der Waals surface area (Å²) in [6.45, 7) is 4.14. The maximum Gasteiger partial charge on any atom is 1.00 e. The molecular formula is C25H27N2NaO4S. The second-order valence-electron chi connectivity index (χ2n) is 8.40. The number of anilines is 1. The van der Waals surface area contributed by atoms with Crippen LogP contribution in [0.4, 0.5) is 5.69 Å². The van der Waals surface area contributed by atoms with Crippen molar-refractivity contribution in [3.8, 4) is 0 Å². The average Bonchev–Trinajstić information content (AvgIpc) is 2.78. The van der Waals surface area contributed by atoms with E-state index in [1.807, 2.05) is 12.1 Å². The Balaban J connectivity index is 0.00000306. The minimum atomic E-state index is -4.04. The molecule has 0 bridgehead atoms. The van der Waals surface area contributed by atoms with Crippen molar-refractivity contribution in [2.24, 2.45) is 4.40 Å². The zero-order valence-electron chi connectivity index (χ0n) is 19.3. The molecule has 1 N–H and O–H groups in total. The smallest absolute Gasteiger partial charge is 0.871 e. The van der Waals surface area contributed by atoms with Gasteiger partial charge in [-0.2, -0.15) is 8.42 Å². The van der Waals surface area contributed by atoms with E-state index in [0.717, 1.165) is 31.2 Å². The topological polar surface area (TPSA) is 98.7 Å². The molecule has 2 aliphatic rings. The summed E-state index contributed by atoms with van der Waals surface area (Å²) in [4.78, 5) is 14.1. The van der Waals surface area contributed by atoms with E-state index in [9.17, 15) is 18.3 Å². The van der Waals surface area contributed by atoms with Crippen molar-refractivity contribution in [1.82, 2.24) is 0 Å². The summed E-state index contributed by atoms with van der Waals surface area (Å²) in [6, 6.07) is 13.6. The van der Waals surface area contributed by atoms with Gasteiger partial charge in [-0.05, 0) is 36.1 Å². The van der Waals surface area contributed by atoms with Gasteiger partial charge in [0.1, 0.15) is 4.90 Å². The van der Waals surface area contributed by atoms with Gasteiger partial charge in [-0.1, -0.05) is 81.7 Å². The van der Waals surface area contributed by atoms with Crippen molar-refractivity contribution in [2.75, 3.05) is 5.32 Å². The Morgan fingerprint density at radius 1 is 0.970 bits per heavy atom. The Labute approximate surface area is 217 Å². The normalized spacial score (nSPS) is 17.9. The predicted molar refractivity (Wildman–Crippen MR) is 124 cm³/mol. The number of carbonyl (C=O) groups excluding carboxylic acids is 1. The summed E-state index contributed by atoms with van der Waals surface area (Å²) >= 11 is 0. The number of hydrogen-bond acceptors (Lipinski definition) is 5. The first-order chi connectivity index (χ1) is 15.4. The van der Waals surface area contributed by atoms with Crippen LogP contribution in [0.2, 0.25) is 0 Å². The van der Waals surface area contributed by atoms with Gasteiger partial charge in [0.25, 0.3) is 10.0 Å². The molecule has 0 saturated carbocycles. The van der Waals surface area contributed by atoms with Gasteiger partial charge in [0.05, 0.1) is 16.7 Å². The number of unbranched alkanes of at least 4 members (excludes halogenated alkanes) is 2. The van der Waals surface area contributed by atoms with E-state index in [2.05, 4.69) is 23.6 Å². The quantitative estimate of drug-likeness (QED) is 0.608. The number of para-hydroxylation sites is 1. The van der Waals surface area contributed by atoms with E-state index < -0.39 is 21.2 Å². The van der Waals surface area contributed by atoms with Gasteiger partial charge >= 0.3 is 29.6 Å². The fourth-order valence-corrected chi connectivity index (χ4v) is 5.84. The molecule has 2 aromatic carbocycles. The molecule has 0 amide bonds. The van der Waals surface area contributed by atoms with Crippen molar-refractivity contribution < 1.29 is 47.9 Å². The van der Waals surface area contributed by atoms with Gasteiger partial charge in [-0.3, -0.25) is 4.79 Å². The first-order valence-corrected chi connectivity index (χ1v) is 12.6. The number of rotatable bonds is 7. The summed E-state index contributed by atoms with van der Waals surface area (Å²) in [7, 11) is -4.04. The summed E-state index contributed by atoms with van der Waals surface area (Å²) in [5.41, 5.74) is 0.498. The molecule has 0 aromatic heterocycles. The van der Waals surface area contributed by atoms with E-state index in [-0.39, 0.29) is 51.6 Å². The Morgan fingerprint density at radius 2 is 1.58 bits per heavy atom. The maximum atomic E-state index is 14.1. The Morgan fingerprint density at radius 3 is 2.24 bits per heavy atom. The molecule has 1 aliphatic carbocycles. The minimum absolute atomic E-state index is 0. The number of ketones is 1. The van der Waals surface area contributed by atoms with E-state index in [4.69, 9.17) is 0 Å². The summed E-state index contributed by atoms with van der Waals surface area (Å²) in [5, 5.41) is 16.5. The predicted octanol–water partition coefficient (Wildman–Crippen LogP) is 1.18. The molecule has 168 valence electrons. The molecule has 0 radical (unpaired) electrons. The van der Waals surface area contributed by atoms with E-state index >= 15 is 0 Å². The maximum absolute atomic E-state index is 14.1. The molecule has 8 heteroatoms. The van der Waals surface area contributed by atoms with Gasteiger partial charge in [0.15, 0.2) is 11.6 Å². The van der Waals surface area contributed by atoms with Crippen LogP contribution in [0.1, 0.15) is 63.5 Å². The van der Waals surface area contributed by atoms with Crippen LogP contribution < -0.4 is 40.0 Å². The van der Waals surface area contributed by atoms with Crippen LogP contribution in [0.15, 0.2) is 63.4 Å². The number of hydrogen-bond donors (Lipinski definition) is 1. The summed E-state index contributed by atoms with van der Waals surface area (Å²) in [6.07, 6.45) is 4.68. The Kier molecular flexibility index (Phi) is 7.89. The van der Waals surface area contributed by atoms with Crippen LogP contribution in [0.25, 0.3) is 5.76 Å². The molecular weight excluding hydrogens is 447 g/mol. The minimum Gasteiger partial charge on any atom is -0.871 e. The molecule has 0 saturated heterocycles. The monoisotopic (exact) mass is 474 g/mol. The zero-order chi connectivity index (χ0) is 22.9. The van der Waals surface area contributed by atoms with Crippen LogP contribution in [0.5, 0.6) is 0 Å². The van der Waals surface area contributed by atoms with Crippen LogP contribution in [-0.2, 0) is 20.2 Å². The molecule has 33 heavy (non-hydrogen) atoms. The summed E-state index contributed by atoms with van der Waals surface area (Å²) < 4.78 is 29.5. The Hall–Kier alpha value is -1.93. The number of Topliss-reactive ketones (excluding diaryl/α,β-unsaturated/α-hetero) is 1. The largest absolute Gasteiger partial charge is 1.00 e. The number of carbonyl (C=O) groups is 1. The van der Waals surface area contributed by atoms with Gasteiger partial charge in [-0.15, -0.1) is 4.40 Å². The zero-order valence-corrected chi connectivity index (χ0v) is 22.2. The number of fused-ring (bicyclic) bond motifs is 2. The van der Waals surface area contributed by atoms with Gasteiger partial charge in [-0.25, -0.2) is 0 Å². The fourth-order valence-electron chi connectivity index (χ4n) is 4.71. The molecule has 0 atom stereocenters. The molecule has 6 nitrogen and oxygen atoms in total. The van der Waals surface area contributed by atoms with E-state index in [1.54, 1.807) is 30.3 Å². The number of nitrogens with zero attached hydrogens (tertiary/aromatic N) is 1. The van der Waals surface area contributed by atoms with Crippen LogP contribution in [0, 0.1) is 0 Å². The number of amidine groups is 1. The van der Waals surface area contributed by atoms with Crippen LogP contribution in [-0.4, -0.2) is 20.0 Å². The molecule has 1 heterocycles. The number of benzene rings is 2. The second kappa shape index (κ2) is 10.1. The molecule has 0 unspecified atom stereocenters. The molecule has 0 fully saturated rings. The third-order valence-electron chi connectivity index (χ3n) is 6.36. The number of nitrogens with one attached hydrogen (secondary N) is 1. The van der Waals surface area contributed by atoms with Crippen LogP contribution >= 0.6 is 0 Å². The SMILES string of the molecule is CCCCC1(CCCC)C(=O)C(C2=NS(=O)(=O)c3ccccc3N2)=C([O-])c2ccccc21.[Na+]. The molecule has 2 aromatic rings. The Bertz CT molecular complexity index is 1230. The van der Waals surface area contributed by atoms with Crippen LogP contribution in [0.3, 0.4) is 0 Å². The number of sulfonamides is 1. The van der Waals surface area contributed by atoms with Gasteiger partial charge in [0.2, 0.25) is 0 Å². The van der Waals surface area contributed by atoms with Crippen molar-refractivity contribution in [2.45, 2.75) is 62.7 Å². The third kappa shape index (κ3) is 4.44. The first-order valence-electron chi connectivity index (χ1n) is 11.1. The molecule has 0 spiro atoms. The van der Waals surface area contributed by atoms with E-state index in [0.29, 0.717) is 24.1 Å². The van der Waals surface area contributed by atoms with Crippen molar-refractivity contribution in [3.05, 3.63) is 65.2 Å².